The minimum Gasteiger partial charge on any atom is -0.387 e. The van der Waals surface area contributed by atoms with E-state index in [1.54, 1.807) is 24.3 Å². The molecule has 1 spiro atoms. The Balaban J connectivity index is 1.27. The number of carbonyl (C=O) groups excluding carboxylic acids is 5. The van der Waals surface area contributed by atoms with Gasteiger partial charge in [-0.2, -0.15) is 0 Å². The largest absolute Gasteiger partial charge is 0.387 e. The Bertz CT molecular complexity index is 1920. The van der Waals surface area contributed by atoms with Crippen molar-refractivity contribution in [3.8, 4) is 0 Å². The van der Waals surface area contributed by atoms with Crippen molar-refractivity contribution in [3.63, 3.8) is 0 Å². The molecule has 3 aromatic rings. The highest BCUT2D eigenvalue weighted by molar-refractivity contribution is 9.10. The van der Waals surface area contributed by atoms with Crippen LogP contribution in [0, 0.1) is 5.41 Å². The van der Waals surface area contributed by atoms with Gasteiger partial charge >= 0.3 is 0 Å². The first-order valence-electron chi connectivity index (χ1n) is 17.2. The second-order valence-electron chi connectivity index (χ2n) is 14.8. The summed E-state index contributed by atoms with van der Waals surface area (Å²) in [5.41, 5.74) is 0.579. The van der Waals surface area contributed by atoms with E-state index in [0.29, 0.717) is 23.6 Å². The monoisotopic (exact) mass is 780 g/mol. The van der Waals surface area contributed by atoms with Crippen LogP contribution in [0.25, 0.3) is 10.9 Å². The average molecular weight is 782 g/mol. The van der Waals surface area contributed by atoms with Gasteiger partial charge in [0.1, 0.15) is 17.8 Å². The van der Waals surface area contributed by atoms with Crippen molar-refractivity contribution in [1.29, 1.82) is 0 Å². The number of H-pyrrole nitrogens is 1. The van der Waals surface area contributed by atoms with Crippen LogP contribution in [0.15, 0.2) is 58.2 Å². The lowest BCUT2D eigenvalue weighted by Gasteiger charge is -2.35. The van der Waals surface area contributed by atoms with E-state index in [0.717, 1.165) is 33.8 Å². The third kappa shape index (κ3) is 8.14. The lowest BCUT2D eigenvalue weighted by atomic mass is 9.85. The van der Waals surface area contributed by atoms with Gasteiger partial charge in [-0.3, -0.25) is 24.0 Å². The van der Waals surface area contributed by atoms with Gasteiger partial charge < -0.3 is 30.7 Å². The number of amides is 4. The van der Waals surface area contributed by atoms with Gasteiger partial charge in [-0.15, -0.1) is 0 Å². The first-order chi connectivity index (χ1) is 24.2. The van der Waals surface area contributed by atoms with Crippen molar-refractivity contribution >= 4 is 73.6 Å². The van der Waals surface area contributed by atoms with Crippen LogP contribution < -0.4 is 16.0 Å². The standard InChI is InChI=1S/C37H42BrClN6O6/c1-5-7-26(30(46)34(49)40-24-11-12-24)42-33(48)29-18-37(17-28(44-51-37)20-8-6-9-23(39)15-20)19-45(29)35(50)31(36(2,3)4)43-32(47)27-16-21-14-22(38)10-13-25(21)41-27/h6,8-10,13-16,24,26,29,31,41H,5,7,11-12,17-19H2,1-4H3,(H,40,49)(H,42,48)(H,43,47)/t26-,29-,31+,37+/m0/s1. The lowest BCUT2D eigenvalue weighted by molar-refractivity contribution is -0.144. The predicted octanol–water partition coefficient (Wildman–Crippen LogP) is 5.03. The van der Waals surface area contributed by atoms with Crippen LogP contribution in [0.1, 0.15) is 82.3 Å². The van der Waals surface area contributed by atoms with Crippen molar-refractivity contribution in [2.45, 2.75) is 96.0 Å². The fourth-order valence-corrected chi connectivity index (χ4v) is 7.24. The number of fused-ring (bicyclic) bond motifs is 1. The smallest absolute Gasteiger partial charge is 0.289 e. The summed E-state index contributed by atoms with van der Waals surface area (Å²) in [5, 5.41) is 14.1. The number of Topliss-reactive ketones (excluding diaryl/α,β-unsaturated/α-hetero) is 1. The number of carbonyl (C=O) groups is 5. The summed E-state index contributed by atoms with van der Waals surface area (Å²) in [6.07, 6.45) is 2.77. The third-order valence-electron chi connectivity index (χ3n) is 9.55. The Morgan fingerprint density at radius 2 is 1.86 bits per heavy atom. The number of likely N-dealkylation sites (tertiary alicyclic amines) is 1. The lowest BCUT2D eigenvalue weighted by Crippen LogP contribution is -2.59. The normalized spacial score (nSPS) is 21.2. The molecule has 2 aromatic carbocycles. The minimum atomic E-state index is -1.09. The van der Waals surface area contributed by atoms with Crippen LogP contribution in [-0.2, 0) is 24.0 Å². The average Bonchev–Trinajstić information content (AvgIpc) is 3.47. The number of benzene rings is 2. The van der Waals surface area contributed by atoms with Crippen LogP contribution in [0.2, 0.25) is 5.02 Å². The maximum absolute atomic E-state index is 14.7. The minimum absolute atomic E-state index is 0.00505. The second kappa shape index (κ2) is 14.4. The molecule has 2 fully saturated rings. The van der Waals surface area contributed by atoms with Crippen LogP contribution in [-0.4, -0.2) is 81.3 Å². The van der Waals surface area contributed by atoms with E-state index in [-0.39, 0.29) is 31.1 Å². The Labute approximate surface area is 309 Å². The highest BCUT2D eigenvalue weighted by Crippen LogP contribution is 2.40. The van der Waals surface area contributed by atoms with Gasteiger partial charge in [0.05, 0.1) is 18.3 Å². The molecule has 0 bridgehead atoms. The summed E-state index contributed by atoms with van der Waals surface area (Å²) in [6.45, 7) is 7.35. The Morgan fingerprint density at radius 1 is 1.10 bits per heavy atom. The summed E-state index contributed by atoms with van der Waals surface area (Å²) >= 11 is 9.71. The molecule has 12 nitrogen and oxygen atoms in total. The van der Waals surface area contributed by atoms with E-state index in [1.165, 1.54) is 4.90 Å². The molecule has 1 saturated carbocycles. The Morgan fingerprint density at radius 3 is 2.55 bits per heavy atom. The van der Waals surface area contributed by atoms with E-state index in [2.05, 4.69) is 42.0 Å². The van der Waals surface area contributed by atoms with E-state index in [9.17, 15) is 24.0 Å². The van der Waals surface area contributed by atoms with Gasteiger partial charge in [0.2, 0.25) is 17.6 Å². The van der Waals surface area contributed by atoms with Crippen molar-refractivity contribution < 1.29 is 28.8 Å². The van der Waals surface area contributed by atoms with Gasteiger partial charge in [-0.05, 0) is 61.1 Å². The fourth-order valence-electron chi connectivity index (χ4n) is 6.67. The molecule has 6 rings (SSSR count). The van der Waals surface area contributed by atoms with Gasteiger partial charge in [-0.25, -0.2) is 0 Å². The quantitative estimate of drug-likeness (QED) is 0.200. The van der Waals surface area contributed by atoms with Gasteiger partial charge in [0, 0.05) is 44.8 Å². The zero-order valence-corrected chi connectivity index (χ0v) is 31.3. The number of aromatic nitrogens is 1. The van der Waals surface area contributed by atoms with Crippen molar-refractivity contribution in [1.82, 2.24) is 25.8 Å². The number of hydrogen-bond acceptors (Lipinski definition) is 7. The molecule has 4 atom stereocenters. The number of oxime groups is 1. The maximum Gasteiger partial charge on any atom is 0.289 e. The number of nitrogens with zero attached hydrogens (tertiary/aromatic N) is 2. The summed E-state index contributed by atoms with van der Waals surface area (Å²) in [7, 11) is 0. The molecule has 0 unspecified atom stereocenters. The molecule has 4 amide bonds. The molecular formula is C37H42BrClN6O6. The molecule has 0 radical (unpaired) electrons. The third-order valence-corrected chi connectivity index (χ3v) is 10.3. The molecule has 4 N–H and O–H groups in total. The second-order valence-corrected chi connectivity index (χ2v) is 16.2. The summed E-state index contributed by atoms with van der Waals surface area (Å²) < 4.78 is 0.860. The summed E-state index contributed by atoms with van der Waals surface area (Å²) in [5.74, 6) is -3.02. The van der Waals surface area contributed by atoms with Gasteiger partial charge in [-0.1, -0.05) is 78.9 Å². The molecule has 3 heterocycles. The highest BCUT2D eigenvalue weighted by atomic mass is 79.9. The zero-order chi connectivity index (χ0) is 36.7. The molecule has 3 aliphatic rings. The maximum atomic E-state index is 14.7. The molecule has 1 aliphatic carbocycles. The van der Waals surface area contributed by atoms with Gasteiger partial charge in [0.15, 0.2) is 5.60 Å². The molecule has 2 aliphatic heterocycles. The highest BCUT2D eigenvalue weighted by Gasteiger charge is 2.55. The topological polar surface area (TPSA) is 162 Å². The molecule has 51 heavy (non-hydrogen) atoms. The van der Waals surface area contributed by atoms with Crippen molar-refractivity contribution in [2.24, 2.45) is 10.6 Å². The van der Waals surface area contributed by atoms with Crippen LogP contribution >= 0.6 is 27.5 Å². The zero-order valence-electron chi connectivity index (χ0n) is 29.0. The number of aromatic amines is 1. The predicted molar refractivity (Wildman–Crippen MR) is 196 cm³/mol. The van der Waals surface area contributed by atoms with E-state index in [1.807, 2.05) is 52.0 Å². The number of rotatable bonds is 11. The Kier molecular flexibility index (Phi) is 10.3. The number of hydrogen-bond donors (Lipinski definition) is 4. The van der Waals surface area contributed by atoms with Crippen LogP contribution in [0.3, 0.4) is 0 Å². The summed E-state index contributed by atoms with van der Waals surface area (Å²) in [6, 6.07) is 11.3. The van der Waals surface area contributed by atoms with E-state index >= 15 is 0 Å². The number of nitrogens with one attached hydrogen (secondary N) is 4. The Hall–Kier alpha value is -4.23. The van der Waals surface area contributed by atoms with E-state index < -0.39 is 58.6 Å². The van der Waals surface area contributed by atoms with Crippen LogP contribution in [0.5, 0.6) is 0 Å². The van der Waals surface area contributed by atoms with Gasteiger partial charge in [0.25, 0.3) is 11.8 Å². The first kappa shape index (κ1) is 36.6. The van der Waals surface area contributed by atoms with E-state index in [4.69, 9.17) is 16.4 Å². The molecule has 1 aromatic heterocycles. The molecule has 1 saturated heterocycles. The van der Waals surface area contributed by atoms with Crippen molar-refractivity contribution in [2.75, 3.05) is 6.54 Å². The number of halogens is 2. The molecule has 270 valence electrons. The summed E-state index contributed by atoms with van der Waals surface area (Å²) in [4.78, 5) is 79.1. The van der Waals surface area contributed by atoms with Crippen LogP contribution in [0.4, 0.5) is 0 Å². The molecular weight excluding hydrogens is 740 g/mol. The first-order valence-corrected chi connectivity index (χ1v) is 18.4. The molecule has 14 heteroatoms. The SMILES string of the molecule is CCC[C@H](NC(=O)[C@@H]1C[C@]2(CC(c3cccc(Cl)c3)=NO2)CN1C(=O)[C@@H](NC(=O)c1cc2cc(Br)ccc2[nH]1)C(C)(C)C)C(=O)C(=O)NC1CC1. The van der Waals surface area contributed by atoms with Crippen molar-refractivity contribution in [3.05, 3.63) is 69.3 Å². The fraction of sp³-hybridized carbons (Fsp3) is 0.459. The number of ketones is 1.